The van der Waals surface area contributed by atoms with E-state index in [1.807, 2.05) is 54.6 Å². The molecule has 24 heavy (non-hydrogen) atoms. The lowest BCUT2D eigenvalue weighted by Gasteiger charge is -2.18. The van der Waals surface area contributed by atoms with Crippen LogP contribution in [0.4, 0.5) is 5.69 Å². The van der Waals surface area contributed by atoms with Crippen LogP contribution in [-0.2, 0) is 4.79 Å². The van der Waals surface area contributed by atoms with Crippen molar-refractivity contribution in [2.45, 2.75) is 0 Å². The van der Waals surface area contributed by atoms with E-state index >= 15 is 0 Å². The van der Waals surface area contributed by atoms with Gasteiger partial charge in [-0.3, -0.25) is 4.79 Å². The first-order chi connectivity index (χ1) is 11.7. The van der Waals surface area contributed by atoms with E-state index < -0.39 is 0 Å². The fraction of sp³-hybridized carbons (Fsp3) is 0.150. The lowest BCUT2D eigenvalue weighted by atomic mass is 10.1. The maximum absolute atomic E-state index is 12.4. The molecule has 3 rings (SSSR count). The monoisotopic (exact) mass is 321 g/mol. The number of carbonyl (C=O) groups is 1. The number of likely N-dealkylation sites (N-methyl/N-ethyl adjacent to an activating group) is 1. The molecule has 0 aliphatic carbocycles. The lowest BCUT2D eigenvalue weighted by molar-refractivity contribution is -0.120. The van der Waals surface area contributed by atoms with Crippen molar-refractivity contribution < 1.29 is 14.3 Å². The third kappa shape index (κ3) is 3.33. The van der Waals surface area contributed by atoms with E-state index in [1.54, 1.807) is 31.2 Å². The zero-order chi connectivity index (χ0) is 16.9. The van der Waals surface area contributed by atoms with Crippen molar-refractivity contribution in [2.24, 2.45) is 0 Å². The Balaban J connectivity index is 1.71. The highest BCUT2D eigenvalue weighted by Gasteiger charge is 2.13. The van der Waals surface area contributed by atoms with Gasteiger partial charge in [0.25, 0.3) is 5.91 Å². The Morgan fingerprint density at radius 1 is 0.917 bits per heavy atom. The molecule has 0 fully saturated rings. The molecule has 3 aromatic rings. The summed E-state index contributed by atoms with van der Waals surface area (Å²) in [7, 11) is 3.32. The lowest BCUT2D eigenvalue weighted by Crippen LogP contribution is -2.31. The number of nitrogens with zero attached hydrogens (tertiary/aromatic N) is 1. The fourth-order valence-corrected chi connectivity index (χ4v) is 2.50. The van der Waals surface area contributed by atoms with Crippen molar-refractivity contribution in [3.05, 3.63) is 66.7 Å². The predicted molar refractivity (Wildman–Crippen MR) is 95.8 cm³/mol. The van der Waals surface area contributed by atoms with Crippen molar-refractivity contribution in [3.63, 3.8) is 0 Å². The van der Waals surface area contributed by atoms with Crippen LogP contribution in [0.15, 0.2) is 66.7 Å². The molecule has 0 atom stereocenters. The molecule has 0 heterocycles. The Kier molecular flexibility index (Phi) is 4.66. The first-order valence-electron chi connectivity index (χ1n) is 7.70. The van der Waals surface area contributed by atoms with E-state index in [2.05, 4.69) is 0 Å². The van der Waals surface area contributed by atoms with Gasteiger partial charge in [-0.25, -0.2) is 0 Å². The molecular weight excluding hydrogens is 302 g/mol. The first-order valence-corrected chi connectivity index (χ1v) is 7.70. The highest BCUT2D eigenvalue weighted by molar-refractivity contribution is 5.96. The van der Waals surface area contributed by atoms with Gasteiger partial charge in [0.2, 0.25) is 0 Å². The molecule has 122 valence electrons. The standard InChI is InChI=1S/C20H19NO3/c1-21(17-12-11-15-7-3-4-8-16(15)13-17)20(22)14-24-19-10-6-5-9-18(19)23-2/h3-13H,14H2,1-2H3. The van der Waals surface area contributed by atoms with Crippen molar-refractivity contribution in [1.29, 1.82) is 0 Å². The number of hydrogen-bond acceptors (Lipinski definition) is 3. The normalized spacial score (nSPS) is 10.4. The topological polar surface area (TPSA) is 38.8 Å². The summed E-state index contributed by atoms with van der Waals surface area (Å²) in [6.07, 6.45) is 0. The predicted octanol–water partition coefficient (Wildman–Crippen LogP) is 3.89. The highest BCUT2D eigenvalue weighted by atomic mass is 16.5. The number of benzene rings is 3. The van der Waals surface area contributed by atoms with Gasteiger partial charge < -0.3 is 14.4 Å². The summed E-state index contributed by atoms with van der Waals surface area (Å²) >= 11 is 0. The minimum Gasteiger partial charge on any atom is -0.493 e. The fourth-order valence-electron chi connectivity index (χ4n) is 2.50. The number of hydrogen-bond donors (Lipinski definition) is 0. The second kappa shape index (κ2) is 7.04. The number of ether oxygens (including phenoxy) is 2. The molecule has 4 nitrogen and oxygen atoms in total. The highest BCUT2D eigenvalue weighted by Crippen LogP contribution is 2.26. The summed E-state index contributed by atoms with van der Waals surface area (Å²) in [5, 5.41) is 2.24. The third-order valence-corrected chi connectivity index (χ3v) is 3.91. The maximum Gasteiger partial charge on any atom is 0.264 e. The van der Waals surface area contributed by atoms with Crippen LogP contribution in [-0.4, -0.2) is 26.7 Å². The number of fused-ring (bicyclic) bond motifs is 1. The molecule has 3 aromatic carbocycles. The van der Waals surface area contributed by atoms with Crippen LogP contribution in [0.2, 0.25) is 0 Å². The molecule has 0 saturated carbocycles. The molecule has 0 aliphatic heterocycles. The van der Waals surface area contributed by atoms with E-state index in [0.717, 1.165) is 16.5 Å². The van der Waals surface area contributed by atoms with Gasteiger partial charge in [0.15, 0.2) is 18.1 Å². The van der Waals surface area contributed by atoms with Gasteiger partial charge >= 0.3 is 0 Å². The van der Waals surface area contributed by atoms with Crippen LogP contribution in [0.25, 0.3) is 10.8 Å². The minimum absolute atomic E-state index is 0.0519. The third-order valence-electron chi connectivity index (χ3n) is 3.91. The summed E-state index contributed by atoms with van der Waals surface area (Å²) in [6, 6.07) is 21.3. The van der Waals surface area contributed by atoms with E-state index in [9.17, 15) is 4.79 Å². The summed E-state index contributed by atoms with van der Waals surface area (Å²) in [5.41, 5.74) is 0.835. The smallest absolute Gasteiger partial charge is 0.264 e. The average Bonchev–Trinajstić information content (AvgIpc) is 2.65. The van der Waals surface area contributed by atoms with E-state index in [4.69, 9.17) is 9.47 Å². The molecule has 0 N–H and O–H groups in total. The average molecular weight is 321 g/mol. The number of rotatable bonds is 5. The van der Waals surface area contributed by atoms with Crippen LogP contribution < -0.4 is 14.4 Å². The minimum atomic E-state index is -0.129. The molecular formula is C20H19NO3. The van der Waals surface area contributed by atoms with Crippen LogP contribution in [0.5, 0.6) is 11.5 Å². The van der Waals surface area contributed by atoms with Crippen molar-refractivity contribution in [1.82, 2.24) is 0 Å². The van der Waals surface area contributed by atoms with Gasteiger partial charge in [-0.2, -0.15) is 0 Å². The summed E-state index contributed by atoms with van der Waals surface area (Å²) in [4.78, 5) is 14.0. The quantitative estimate of drug-likeness (QED) is 0.715. The van der Waals surface area contributed by atoms with Gasteiger partial charge in [-0.15, -0.1) is 0 Å². The Bertz CT molecular complexity index is 860. The Hall–Kier alpha value is -3.01. The van der Waals surface area contributed by atoms with Gasteiger partial charge in [-0.05, 0) is 35.0 Å². The molecule has 0 spiro atoms. The van der Waals surface area contributed by atoms with Crippen LogP contribution in [0.1, 0.15) is 0 Å². The first kappa shape index (κ1) is 15.9. The number of amides is 1. The van der Waals surface area contributed by atoms with Crippen LogP contribution in [0, 0.1) is 0 Å². The molecule has 0 bridgehead atoms. The molecule has 0 aliphatic rings. The number of para-hydroxylation sites is 2. The summed E-state index contributed by atoms with van der Waals surface area (Å²) < 4.78 is 10.8. The second-order valence-electron chi connectivity index (χ2n) is 5.42. The molecule has 0 radical (unpaired) electrons. The van der Waals surface area contributed by atoms with Crippen molar-refractivity contribution in [3.8, 4) is 11.5 Å². The second-order valence-corrected chi connectivity index (χ2v) is 5.42. The number of anilines is 1. The SMILES string of the molecule is COc1ccccc1OCC(=O)N(C)c1ccc2ccccc2c1. The summed E-state index contributed by atoms with van der Waals surface area (Å²) in [6.45, 7) is -0.0519. The van der Waals surface area contributed by atoms with Gasteiger partial charge in [0.1, 0.15) is 0 Å². The molecule has 4 heteroatoms. The van der Waals surface area contributed by atoms with E-state index in [0.29, 0.717) is 11.5 Å². The largest absolute Gasteiger partial charge is 0.493 e. The van der Waals surface area contributed by atoms with E-state index in [-0.39, 0.29) is 12.5 Å². The Morgan fingerprint density at radius 2 is 1.58 bits per heavy atom. The zero-order valence-electron chi connectivity index (χ0n) is 13.7. The van der Waals surface area contributed by atoms with E-state index in [1.165, 1.54) is 0 Å². The van der Waals surface area contributed by atoms with Gasteiger partial charge in [0.05, 0.1) is 7.11 Å². The Morgan fingerprint density at radius 3 is 2.33 bits per heavy atom. The molecule has 0 aromatic heterocycles. The van der Waals surface area contributed by atoms with Crippen LogP contribution >= 0.6 is 0 Å². The zero-order valence-corrected chi connectivity index (χ0v) is 13.7. The molecule has 0 unspecified atom stereocenters. The molecule has 0 saturated heterocycles. The van der Waals surface area contributed by atoms with Gasteiger partial charge in [-0.1, -0.05) is 42.5 Å². The molecule has 1 amide bonds. The number of carbonyl (C=O) groups excluding carboxylic acids is 1. The van der Waals surface area contributed by atoms with Crippen molar-refractivity contribution in [2.75, 3.05) is 25.7 Å². The van der Waals surface area contributed by atoms with Gasteiger partial charge in [0, 0.05) is 12.7 Å². The number of methoxy groups -OCH3 is 1. The Labute approximate surface area is 141 Å². The van der Waals surface area contributed by atoms with Crippen molar-refractivity contribution >= 4 is 22.4 Å². The summed E-state index contributed by atoms with van der Waals surface area (Å²) in [5.74, 6) is 1.04. The maximum atomic E-state index is 12.4. The van der Waals surface area contributed by atoms with Crippen LogP contribution in [0.3, 0.4) is 0 Å².